The van der Waals surface area contributed by atoms with Gasteiger partial charge in [0.05, 0.1) is 11.3 Å². The van der Waals surface area contributed by atoms with Gasteiger partial charge in [0.2, 0.25) is 0 Å². The Morgan fingerprint density at radius 2 is 2.22 bits per heavy atom. The van der Waals surface area contributed by atoms with Crippen LogP contribution in [-0.2, 0) is 5.88 Å². The van der Waals surface area contributed by atoms with Crippen LogP contribution in [0, 0.1) is 11.3 Å². The number of halogens is 1. The van der Waals surface area contributed by atoms with E-state index in [1.807, 2.05) is 12.1 Å². The number of benzene rings is 1. The average Bonchev–Trinajstić information content (AvgIpc) is 2.62. The number of nitrogens with zero attached hydrogens (tertiary/aromatic N) is 2. The number of alkyl halides is 1. The summed E-state index contributed by atoms with van der Waals surface area (Å²) in [7, 11) is 0. The summed E-state index contributed by atoms with van der Waals surface area (Å²) in [5.41, 5.74) is 2.84. The van der Waals surface area contributed by atoms with Gasteiger partial charge >= 0.3 is 0 Å². The lowest BCUT2D eigenvalue weighted by molar-refractivity contribution is 0.616. The van der Waals surface area contributed by atoms with Crippen molar-refractivity contribution < 1.29 is 0 Å². The maximum Gasteiger partial charge on any atom is 0.101 e. The smallest absolute Gasteiger partial charge is 0.101 e. The van der Waals surface area contributed by atoms with Crippen LogP contribution >= 0.6 is 11.6 Å². The Morgan fingerprint density at radius 1 is 1.39 bits per heavy atom. The van der Waals surface area contributed by atoms with E-state index >= 15 is 0 Å². The van der Waals surface area contributed by atoms with Crippen LogP contribution in [0.4, 0.5) is 5.69 Å². The van der Waals surface area contributed by atoms with Crippen molar-refractivity contribution >= 4 is 17.3 Å². The molecule has 96 valence electrons. The number of rotatable bonds is 2. The van der Waals surface area contributed by atoms with E-state index in [4.69, 9.17) is 11.6 Å². The second kappa shape index (κ2) is 6.11. The summed E-state index contributed by atoms with van der Waals surface area (Å²) in [5, 5.41) is 9.31. The van der Waals surface area contributed by atoms with E-state index in [2.05, 4.69) is 24.0 Å². The Balaban J connectivity index is 2.34. The summed E-state index contributed by atoms with van der Waals surface area (Å²) in [6.07, 6.45) is 5.01. The first-order chi connectivity index (χ1) is 8.76. The molecule has 1 aliphatic rings. The first kappa shape index (κ1) is 13.2. The first-order valence-corrected chi connectivity index (χ1v) is 7.15. The van der Waals surface area contributed by atoms with Gasteiger partial charge in [-0.3, -0.25) is 0 Å². The Labute approximate surface area is 114 Å². The third-order valence-corrected chi connectivity index (χ3v) is 4.01. The molecule has 1 atom stereocenters. The average molecular weight is 263 g/mol. The zero-order valence-corrected chi connectivity index (χ0v) is 11.6. The van der Waals surface area contributed by atoms with Gasteiger partial charge in [-0.1, -0.05) is 18.9 Å². The lowest BCUT2D eigenvalue weighted by atomic mass is 10.1. The van der Waals surface area contributed by atoms with Gasteiger partial charge in [-0.15, -0.1) is 11.6 Å². The fraction of sp³-hybridized carbons (Fsp3) is 0.533. The molecule has 1 unspecified atom stereocenters. The molecule has 1 aromatic carbocycles. The van der Waals surface area contributed by atoms with Gasteiger partial charge in [0.25, 0.3) is 0 Å². The summed E-state index contributed by atoms with van der Waals surface area (Å²) in [5.74, 6) is 0.463. The van der Waals surface area contributed by atoms with Crippen LogP contribution in [-0.4, -0.2) is 12.6 Å². The third kappa shape index (κ3) is 2.79. The van der Waals surface area contributed by atoms with Gasteiger partial charge in [0.1, 0.15) is 6.07 Å². The molecule has 18 heavy (non-hydrogen) atoms. The molecule has 0 radical (unpaired) electrons. The van der Waals surface area contributed by atoms with Crippen molar-refractivity contribution in [1.82, 2.24) is 0 Å². The SMILES string of the molecule is CC1CCCCCN1c1ccc(CCl)cc1C#N. The van der Waals surface area contributed by atoms with Crippen molar-refractivity contribution in [3.05, 3.63) is 29.3 Å². The van der Waals surface area contributed by atoms with E-state index in [1.54, 1.807) is 0 Å². The number of anilines is 1. The van der Waals surface area contributed by atoms with Crippen LogP contribution in [0.2, 0.25) is 0 Å². The van der Waals surface area contributed by atoms with Gasteiger partial charge in [-0.05, 0) is 37.5 Å². The number of hydrogen-bond donors (Lipinski definition) is 0. The highest BCUT2D eigenvalue weighted by molar-refractivity contribution is 6.17. The normalized spacial score (nSPS) is 20.3. The molecule has 1 saturated heterocycles. The minimum absolute atomic E-state index is 0.463. The highest BCUT2D eigenvalue weighted by atomic mass is 35.5. The van der Waals surface area contributed by atoms with E-state index < -0.39 is 0 Å². The summed E-state index contributed by atoms with van der Waals surface area (Å²) in [6, 6.07) is 8.82. The topological polar surface area (TPSA) is 27.0 Å². The monoisotopic (exact) mass is 262 g/mol. The first-order valence-electron chi connectivity index (χ1n) is 6.62. The molecular weight excluding hydrogens is 244 g/mol. The van der Waals surface area contributed by atoms with E-state index in [0.29, 0.717) is 11.9 Å². The fourth-order valence-corrected chi connectivity index (χ4v) is 2.81. The molecule has 1 heterocycles. The predicted octanol–water partition coefficient (Wildman–Crippen LogP) is 4.07. The van der Waals surface area contributed by atoms with Crippen molar-refractivity contribution in [2.45, 2.75) is 44.5 Å². The molecule has 0 N–H and O–H groups in total. The standard InChI is InChI=1S/C15H19ClN2/c1-12-5-3-2-4-8-18(12)15-7-6-13(10-16)9-14(15)11-17/h6-7,9,12H,2-5,8,10H2,1H3. The van der Waals surface area contributed by atoms with Crippen molar-refractivity contribution in [3.63, 3.8) is 0 Å². The van der Waals surface area contributed by atoms with Gasteiger partial charge < -0.3 is 4.90 Å². The highest BCUT2D eigenvalue weighted by Gasteiger charge is 2.19. The Hall–Kier alpha value is -1.20. The minimum Gasteiger partial charge on any atom is -0.368 e. The van der Waals surface area contributed by atoms with E-state index in [-0.39, 0.29) is 0 Å². The Kier molecular flexibility index (Phi) is 4.49. The molecule has 1 fully saturated rings. The molecular formula is C15H19ClN2. The highest BCUT2D eigenvalue weighted by Crippen LogP contribution is 2.28. The van der Waals surface area contributed by atoms with Crippen LogP contribution in [0.15, 0.2) is 18.2 Å². The minimum atomic E-state index is 0.463. The summed E-state index contributed by atoms with van der Waals surface area (Å²) in [6.45, 7) is 3.30. The molecule has 2 rings (SSSR count). The van der Waals surface area contributed by atoms with Crippen molar-refractivity contribution in [1.29, 1.82) is 5.26 Å². The van der Waals surface area contributed by atoms with Crippen LogP contribution in [0.25, 0.3) is 0 Å². The number of nitriles is 1. The van der Waals surface area contributed by atoms with Crippen LogP contribution in [0.3, 0.4) is 0 Å². The molecule has 0 saturated carbocycles. The Bertz CT molecular complexity index is 450. The summed E-state index contributed by atoms with van der Waals surface area (Å²) in [4.78, 5) is 2.38. The molecule has 0 spiro atoms. The van der Waals surface area contributed by atoms with E-state index in [1.165, 1.54) is 25.7 Å². The van der Waals surface area contributed by atoms with Crippen molar-refractivity contribution in [2.75, 3.05) is 11.4 Å². The maximum absolute atomic E-state index is 9.31. The van der Waals surface area contributed by atoms with Gasteiger partial charge in [-0.2, -0.15) is 5.26 Å². The van der Waals surface area contributed by atoms with E-state index in [0.717, 1.165) is 23.4 Å². The third-order valence-electron chi connectivity index (χ3n) is 3.70. The predicted molar refractivity (Wildman–Crippen MR) is 76.0 cm³/mol. The van der Waals surface area contributed by atoms with Gasteiger partial charge in [0.15, 0.2) is 0 Å². The van der Waals surface area contributed by atoms with Gasteiger partial charge in [-0.25, -0.2) is 0 Å². The van der Waals surface area contributed by atoms with Crippen LogP contribution in [0.5, 0.6) is 0 Å². The van der Waals surface area contributed by atoms with Crippen molar-refractivity contribution in [2.24, 2.45) is 0 Å². The lowest BCUT2D eigenvalue weighted by Gasteiger charge is -2.30. The lowest BCUT2D eigenvalue weighted by Crippen LogP contribution is -2.33. The van der Waals surface area contributed by atoms with Crippen LogP contribution < -0.4 is 4.90 Å². The quantitative estimate of drug-likeness (QED) is 0.752. The summed E-state index contributed by atoms with van der Waals surface area (Å²) >= 11 is 5.83. The molecule has 1 aliphatic heterocycles. The zero-order chi connectivity index (χ0) is 13.0. The van der Waals surface area contributed by atoms with Crippen molar-refractivity contribution in [3.8, 4) is 6.07 Å². The molecule has 0 bridgehead atoms. The molecule has 3 heteroatoms. The molecule has 1 aromatic rings. The number of hydrogen-bond acceptors (Lipinski definition) is 2. The van der Waals surface area contributed by atoms with Crippen LogP contribution in [0.1, 0.15) is 43.7 Å². The van der Waals surface area contributed by atoms with Gasteiger partial charge in [0, 0.05) is 18.5 Å². The second-order valence-electron chi connectivity index (χ2n) is 4.99. The fourth-order valence-electron chi connectivity index (χ4n) is 2.64. The zero-order valence-electron chi connectivity index (χ0n) is 10.8. The molecule has 0 aliphatic carbocycles. The molecule has 0 aromatic heterocycles. The maximum atomic E-state index is 9.31. The largest absolute Gasteiger partial charge is 0.368 e. The van der Waals surface area contributed by atoms with E-state index in [9.17, 15) is 5.26 Å². The Morgan fingerprint density at radius 3 is 2.94 bits per heavy atom. The second-order valence-corrected chi connectivity index (χ2v) is 5.26. The molecule has 2 nitrogen and oxygen atoms in total. The summed E-state index contributed by atoms with van der Waals surface area (Å²) < 4.78 is 0. The molecule has 0 amide bonds.